The van der Waals surface area contributed by atoms with Crippen LogP contribution in [0.5, 0.6) is 0 Å². The molecule has 0 unspecified atom stereocenters. The number of aromatic nitrogens is 4. The second kappa shape index (κ2) is 4.58. The molecule has 0 aliphatic carbocycles. The Bertz CT molecular complexity index is 659. The summed E-state index contributed by atoms with van der Waals surface area (Å²) in [6, 6.07) is 5.79. The van der Waals surface area contributed by atoms with E-state index in [9.17, 15) is 0 Å². The zero-order valence-electron chi connectivity index (χ0n) is 9.91. The van der Waals surface area contributed by atoms with Crippen LogP contribution in [0.4, 0.5) is 0 Å². The molecule has 3 rings (SSSR count). The van der Waals surface area contributed by atoms with Gasteiger partial charge in [-0.05, 0) is 28.0 Å². The maximum absolute atomic E-state index is 5.02. The van der Waals surface area contributed by atoms with Crippen LogP contribution in [0.1, 0.15) is 0 Å². The first-order valence-corrected chi connectivity index (χ1v) is 5.61. The summed E-state index contributed by atoms with van der Waals surface area (Å²) in [7, 11) is 1.68. The average Bonchev–Trinajstić information content (AvgIpc) is 3.04. The van der Waals surface area contributed by atoms with Gasteiger partial charge in [-0.2, -0.15) is 5.10 Å². The molecule has 0 bridgehead atoms. The largest absolute Gasteiger partial charge is 0.383 e. The van der Waals surface area contributed by atoms with Gasteiger partial charge in [0.15, 0.2) is 0 Å². The van der Waals surface area contributed by atoms with Gasteiger partial charge in [0.05, 0.1) is 19.3 Å². The third-order valence-electron chi connectivity index (χ3n) is 2.74. The fourth-order valence-electron chi connectivity index (χ4n) is 1.78. The molecule has 6 nitrogen and oxygen atoms in total. The first-order valence-electron chi connectivity index (χ1n) is 5.61. The Morgan fingerprint density at radius 2 is 2.11 bits per heavy atom. The molecule has 92 valence electrons. The number of methoxy groups -OCH3 is 1. The van der Waals surface area contributed by atoms with Crippen LogP contribution in [-0.2, 0) is 11.3 Å². The quantitative estimate of drug-likeness (QED) is 0.699. The van der Waals surface area contributed by atoms with Crippen molar-refractivity contribution in [1.29, 1.82) is 0 Å². The predicted molar refractivity (Wildman–Crippen MR) is 64.9 cm³/mol. The molecular formula is C12H12N4O2. The van der Waals surface area contributed by atoms with Gasteiger partial charge < -0.3 is 4.74 Å². The summed E-state index contributed by atoms with van der Waals surface area (Å²) in [6.07, 6.45) is 3.80. The Hall–Kier alpha value is -2.21. The molecule has 2 heterocycles. The summed E-state index contributed by atoms with van der Waals surface area (Å²) in [5.74, 6) is 0. The van der Waals surface area contributed by atoms with Crippen LogP contribution >= 0.6 is 0 Å². The minimum Gasteiger partial charge on any atom is -0.383 e. The van der Waals surface area contributed by atoms with E-state index >= 15 is 0 Å². The Labute approximate surface area is 103 Å². The van der Waals surface area contributed by atoms with Gasteiger partial charge in [-0.1, -0.05) is 6.07 Å². The number of fused-ring (bicyclic) bond motifs is 1. The van der Waals surface area contributed by atoms with Crippen LogP contribution in [-0.4, -0.2) is 33.8 Å². The number of ether oxygens (including phenoxy) is 1. The summed E-state index contributed by atoms with van der Waals surface area (Å²) < 4.78 is 11.5. The predicted octanol–water partition coefficient (Wildman–Crippen LogP) is 1.73. The van der Waals surface area contributed by atoms with Crippen molar-refractivity contribution in [2.75, 3.05) is 13.7 Å². The van der Waals surface area contributed by atoms with E-state index in [1.807, 2.05) is 35.3 Å². The van der Waals surface area contributed by atoms with Crippen molar-refractivity contribution < 1.29 is 9.37 Å². The normalized spacial score (nSPS) is 11.2. The van der Waals surface area contributed by atoms with Crippen molar-refractivity contribution >= 4 is 11.0 Å². The third kappa shape index (κ3) is 1.98. The highest BCUT2D eigenvalue weighted by Crippen LogP contribution is 2.22. The summed E-state index contributed by atoms with van der Waals surface area (Å²) in [6.45, 7) is 1.39. The highest BCUT2D eigenvalue weighted by molar-refractivity contribution is 5.80. The number of nitrogens with zero attached hydrogens (tertiary/aromatic N) is 4. The van der Waals surface area contributed by atoms with Gasteiger partial charge in [0.25, 0.3) is 0 Å². The van der Waals surface area contributed by atoms with Crippen molar-refractivity contribution in [1.82, 2.24) is 20.1 Å². The number of rotatable bonds is 4. The zero-order valence-corrected chi connectivity index (χ0v) is 9.91. The second-order valence-corrected chi connectivity index (χ2v) is 3.95. The molecule has 0 N–H and O–H groups in total. The van der Waals surface area contributed by atoms with Crippen molar-refractivity contribution in [3.05, 3.63) is 30.6 Å². The highest BCUT2D eigenvalue weighted by atomic mass is 16.6. The van der Waals surface area contributed by atoms with Crippen molar-refractivity contribution in [3.63, 3.8) is 0 Å². The molecule has 0 amide bonds. The maximum Gasteiger partial charge on any atom is 0.135 e. The van der Waals surface area contributed by atoms with Crippen molar-refractivity contribution in [2.24, 2.45) is 0 Å². The van der Waals surface area contributed by atoms with Gasteiger partial charge in [0.1, 0.15) is 11.0 Å². The third-order valence-corrected chi connectivity index (χ3v) is 2.74. The van der Waals surface area contributed by atoms with Gasteiger partial charge in [0, 0.05) is 18.9 Å². The molecule has 3 aromatic rings. The van der Waals surface area contributed by atoms with E-state index in [0.717, 1.165) is 28.7 Å². The monoisotopic (exact) mass is 244 g/mol. The minimum absolute atomic E-state index is 0.646. The first-order chi connectivity index (χ1) is 8.86. The lowest BCUT2D eigenvalue weighted by molar-refractivity contribution is 0.183. The zero-order chi connectivity index (χ0) is 12.4. The van der Waals surface area contributed by atoms with E-state index < -0.39 is 0 Å². The minimum atomic E-state index is 0.646. The van der Waals surface area contributed by atoms with Crippen LogP contribution in [0.15, 0.2) is 35.2 Å². The fourth-order valence-corrected chi connectivity index (χ4v) is 1.78. The van der Waals surface area contributed by atoms with Gasteiger partial charge in [-0.25, -0.2) is 4.63 Å². The van der Waals surface area contributed by atoms with Crippen LogP contribution in [0, 0.1) is 0 Å². The Balaban J connectivity index is 1.90. The van der Waals surface area contributed by atoms with E-state index in [1.54, 1.807) is 7.11 Å². The topological polar surface area (TPSA) is 66.0 Å². The average molecular weight is 244 g/mol. The van der Waals surface area contributed by atoms with Crippen molar-refractivity contribution in [3.8, 4) is 11.1 Å². The van der Waals surface area contributed by atoms with E-state index in [0.29, 0.717) is 6.61 Å². The van der Waals surface area contributed by atoms with Gasteiger partial charge in [-0.3, -0.25) is 4.68 Å². The van der Waals surface area contributed by atoms with E-state index in [2.05, 4.69) is 20.0 Å². The van der Waals surface area contributed by atoms with Gasteiger partial charge >= 0.3 is 0 Å². The molecule has 0 saturated heterocycles. The SMILES string of the molecule is COCCn1cc(-c2ccc3nonc3c2)cn1. The summed E-state index contributed by atoms with van der Waals surface area (Å²) in [5.41, 5.74) is 3.58. The molecule has 1 aromatic carbocycles. The second-order valence-electron chi connectivity index (χ2n) is 3.95. The van der Waals surface area contributed by atoms with Crippen LogP contribution < -0.4 is 0 Å². The number of hydrogen-bond acceptors (Lipinski definition) is 5. The van der Waals surface area contributed by atoms with Gasteiger partial charge in [-0.15, -0.1) is 0 Å². The van der Waals surface area contributed by atoms with E-state index in [4.69, 9.17) is 4.74 Å². The highest BCUT2D eigenvalue weighted by Gasteiger charge is 2.05. The summed E-state index contributed by atoms with van der Waals surface area (Å²) in [5, 5.41) is 11.9. The maximum atomic E-state index is 5.02. The van der Waals surface area contributed by atoms with E-state index in [1.165, 1.54) is 0 Å². The number of benzene rings is 1. The molecule has 2 aromatic heterocycles. The Kier molecular flexibility index (Phi) is 2.77. The molecule has 0 saturated carbocycles. The molecule has 0 fully saturated rings. The lowest BCUT2D eigenvalue weighted by atomic mass is 10.1. The molecule has 0 spiro atoms. The lowest BCUT2D eigenvalue weighted by Gasteiger charge is -1.98. The standard InChI is InChI=1S/C12H12N4O2/c1-17-5-4-16-8-10(7-13-16)9-2-3-11-12(6-9)15-18-14-11/h2-3,6-8H,4-5H2,1H3. The van der Waals surface area contributed by atoms with Crippen LogP contribution in [0.3, 0.4) is 0 Å². The summed E-state index contributed by atoms with van der Waals surface area (Å²) >= 11 is 0. The van der Waals surface area contributed by atoms with Crippen molar-refractivity contribution in [2.45, 2.75) is 6.54 Å². The molecule has 0 aliphatic heterocycles. The fraction of sp³-hybridized carbons (Fsp3) is 0.250. The van der Waals surface area contributed by atoms with Crippen LogP contribution in [0.25, 0.3) is 22.2 Å². The molecule has 6 heteroatoms. The molecular weight excluding hydrogens is 232 g/mol. The molecule has 18 heavy (non-hydrogen) atoms. The van der Waals surface area contributed by atoms with Gasteiger partial charge in [0.2, 0.25) is 0 Å². The number of hydrogen-bond donors (Lipinski definition) is 0. The Morgan fingerprint density at radius 1 is 1.22 bits per heavy atom. The summed E-state index contributed by atoms with van der Waals surface area (Å²) in [4.78, 5) is 0. The van der Waals surface area contributed by atoms with Crippen LogP contribution in [0.2, 0.25) is 0 Å². The smallest absolute Gasteiger partial charge is 0.135 e. The first kappa shape index (κ1) is 10.9. The molecule has 0 radical (unpaired) electrons. The lowest BCUT2D eigenvalue weighted by Crippen LogP contribution is -2.03. The van der Waals surface area contributed by atoms with E-state index in [-0.39, 0.29) is 0 Å². The Morgan fingerprint density at radius 3 is 3.00 bits per heavy atom. The molecule has 0 atom stereocenters. The molecule has 0 aliphatic rings.